The first-order valence-corrected chi connectivity index (χ1v) is 6.01. The van der Waals surface area contributed by atoms with Gasteiger partial charge in [-0.1, -0.05) is 36.4 Å². The first-order chi connectivity index (χ1) is 9.28. The Hall–Kier alpha value is -2.39. The lowest BCUT2D eigenvalue weighted by Crippen LogP contribution is -2.01. The van der Waals surface area contributed by atoms with Crippen molar-refractivity contribution in [2.75, 3.05) is 0 Å². The maximum Gasteiger partial charge on any atom is 0.193 e. The van der Waals surface area contributed by atoms with Crippen molar-refractivity contribution in [3.63, 3.8) is 0 Å². The molecule has 3 rings (SSSR count). The van der Waals surface area contributed by atoms with Gasteiger partial charge in [-0.2, -0.15) is 0 Å². The number of aliphatic hydroxyl groups is 1. The smallest absolute Gasteiger partial charge is 0.193 e. The monoisotopic (exact) mass is 252 g/mol. The molecule has 3 heteroatoms. The average molecular weight is 252 g/mol. The van der Waals surface area contributed by atoms with Crippen molar-refractivity contribution in [1.29, 1.82) is 0 Å². The molecule has 0 radical (unpaired) electrons. The Kier molecular flexibility index (Phi) is 2.89. The summed E-state index contributed by atoms with van der Waals surface area (Å²) in [6.45, 7) is -0.0875. The van der Waals surface area contributed by atoms with Crippen molar-refractivity contribution in [2.45, 2.75) is 6.61 Å². The Morgan fingerprint density at radius 3 is 2.53 bits per heavy atom. The zero-order valence-electron chi connectivity index (χ0n) is 10.2. The molecule has 0 bridgehead atoms. The molecular weight excluding hydrogens is 240 g/mol. The topological polar surface area (TPSA) is 50.4 Å². The third kappa shape index (κ3) is 2.16. The summed E-state index contributed by atoms with van der Waals surface area (Å²) in [4.78, 5) is 12.1. The maximum absolute atomic E-state index is 12.1. The summed E-state index contributed by atoms with van der Waals surface area (Å²) < 4.78 is 5.75. The van der Waals surface area contributed by atoms with Gasteiger partial charge in [-0.3, -0.25) is 4.79 Å². The second-order valence-corrected chi connectivity index (χ2v) is 4.33. The molecular formula is C16H12O3. The molecule has 0 unspecified atom stereocenters. The predicted molar refractivity (Wildman–Crippen MR) is 73.8 cm³/mol. The molecule has 2 aromatic carbocycles. The van der Waals surface area contributed by atoms with Crippen LogP contribution in [0.25, 0.3) is 22.3 Å². The lowest BCUT2D eigenvalue weighted by molar-refractivity contribution is 0.282. The molecule has 19 heavy (non-hydrogen) atoms. The lowest BCUT2D eigenvalue weighted by Gasteiger charge is -2.04. The van der Waals surface area contributed by atoms with Crippen LogP contribution in [0.15, 0.2) is 63.8 Å². The molecule has 3 nitrogen and oxygen atoms in total. The van der Waals surface area contributed by atoms with Gasteiger partial charge in [0, 0.05) is 11.6 Å². The fraction of sp³-hybridized carbons (Fsp3) is 0.0625. The summed E-state index contributed by atoms with van der Waals surface area (Å²) in [7, 11) is 0. The zero-order valence-corrected chi connectivity index (χ0v) is 10.2. The van der Waals surface area contributed by atoms with Crippen LogP contribution in [0.1, 0.15) is 5.56 Å². The van der Waals surface area contributed by atoms with E-state index in [-0.39, 0.29) is 12.0 Å². The Balaban J connectivity index is 2.23. The van der Waals surface area contributed by atoms with E-state index in [0.29, 0.717) is 22.3 Å². The highest BCUT2D eigenvalue weighted by molar-refractivity contribution is 5.79. The third-order valence-electron chi connectivity index (χ3n) is 3.03. The van der Waals surface area contributed by atoms with Gasteiger partial charge in [0.1, 0.15) is 11.3 Å². The van der Waals surface area contributed by atoms with Gasteiger partial charge in [-0.15, -0.1) is 0 Å². The highest BCUT2D eigenvalue weighted by Crippen LogP contribution is 2.22. The van der Waals surface area contributed by atoms with Crippen LogP contribution in [0.4, 0.5) is 0 Å². The molecule has 0 saturated heterocycles. The number of hydrogen-bond donors (Lipinski definition) is 1. The number of fused-ring (bicyclic) bond motifs is 1. The SMILES string of the molecule is O=c1cc(-c2ccccc2)oc2ccc(CO)cc12. The van der Waals surface area contributed by atoms with E-state index < -0.39 is 0 Å². The van der Waals surface area contributed by atoms with E-state index in [2.05, 4.69) is 0 Å². The largest absolute Gasteiger partial charge is 0.456 e. The van der Waals surface area contributed by atoms with E-state index in [4.69, 9.17) is 9.52 Å². The molecule has 0 atom stereocenters. The number of benzene rings is 2. The van der Waals surface area contributed by atoms with Crippen molar-refractivity contribution in [3.8, 4) is 11.3 Å². The molecule has 0 aliphatic rings. The maximum atomic E-state index is 12.1. The number of aliphatic hydroxyl groups excluding tert-OH is 1. The minimum absolute atomic E-state index is 0.0875. The molecule has 0 amide bonds. The van der Waals surface area contributed by atoms with E-state index >= 15 is 0 Å². The Bertz CT molecular complexity index is 773. The standard InChI is InChI=1S/C16H12O3/c17-10-11-6-7-15-13(8-11)14(18)9-16(19-15)12-4-2-1-3-5-12/h1-9,17H,10H2. The fourth-order valence-corrected chi connectivity index (χ4v) is 2.05. The molecule has 0 saturated carbocycles. The van der Waals surface area contributed by atoms with Crippen molar-refractivity contribution < 1.29 is 9.52 Å². The quantitative estimate of drug-likeness (QED) is 0.762. The summed E-state index contributed by atoms with van der Waals surface area (Å²) in [5, 5.41) is 9.58. The van der Waals surface area contributed by atoms with Crippen LogP contribution < -0.4 is 5.43 Å². The van der Waals surface area contributed by atoms with Gasteiger partial charge in [0.2, 0.25) is 0 Å². The van der Waals surface area contributed by atoms with Crippen molar-refractivity contribution in [1.82, 2.24) is 0 Å². The molecule has 1 aromatic heterocycles. The molecule has 1 N–H and O–H groups in total. The molecule has 0 aliphatic heterocycles. The van der Waals surface area contributed by atoms with Gasteiger partial charge < -0.3 is 9.52 Å². The van der Waals surface area contributed by atoms with Crippen LogP contribution >= 0.6 is 0 Å². The Morgan fingerprint density at radius 2 is 1.79 bits per heavy atom. The van der Waals surface area contributed by atoms with Crippen LogP contribution in [-0.2, 0) is 6.61 Å². The normalized spacial score (nSPS) is 10.8. The molecule has 3 aromatic rings. The second-order valence-electron chi connectivity index (χ2n) is 4.33. The summed E-state index contributed by atoms with van der Waals surface area (Å²) in [5.74, 6) is 0.551. The number of hydrogen-bond acceptors (Lipinski definition) is 3. The molecule has 0 fully saturated rings. The van der Waals surface area contributed by atoms with Gasteiger partial charge in [0.05, 0.1) is 12.0 Å². The predicted octanol–water partition coefficient (Wildman–Crippen LogP) is 2.95. The Morgan fingerprint density at radius 1 is 1.00 bits per heavy atom. The van der Waals surface area contributed by atoms with Gasteiger partial charge in [0.25, 0.3) is 0 Å². The Labute approximate surface area is 109 Å². The first kappa shape index (κ1) is 11.7. The highest BCUT2D eigenvalue weighted by Gasteiger charge is 2.07. The van der Waals surface area contributed by atoms with Crippen LogP contribution in [-0.4, -0.2) is 5.11 Å². The summed E-state index contributed by atoms with van der Waals surface area (Å²) >= 11 is 0. The van der Waals surface area contributed by atoms with E-state index in [1.165, 1.54) is 6.07 Å². The van der Waals surface area contributed by atoms with E-state index in [9.17, 15) is 4.79 Å². The van der Waals surface area contributed by atoms with E-state index in [0.717, 1.165) is 5.56 Å². The van der Waals surface area contributed by atoms with Gasteiger partial charge in [0.15, 0.2) is 5.43 Å². The lowest BCUT2D eigenvalue weighted by atomic mass is 10.1. The summed E-state index contributed by atoms with van der Waals surface area (Å²) in [5.41, 5.74) is 2.00. The fourth-order valence-electron chi connectivity index (χ4n) is 2.05. The molecule has 0 spiro atoms. The van der Waals surface area contributed by atoms with Crippen molar-refractivity contribution >= 4 is 11.0 Å². The first-order valence-electron chi connectivity index (χ1n) is 6.01. The highest BCUT2D eigenvalue weighted by atomic mass is 16.3. The molecule has 0 aliphatic carbocycles. The van der Waals surface area contributed by atoms with Crippen LogP contribution in [0.5, 0.6) is 0 Å². The van der Waals surface area contributed by atoms with Crippen molar-refractivity contribution in [3.05, 3.63) is 70.4 Å². The van der Waals surface area contributed by atoms with E-state index in [1.807, 2.05) is 30.3 Å². The minimum Gasteiger partial charge on any atom is -0.456 e. The van der Waals surface area contributed by atoms with Crippen LogP contribution in [0.2, 0.25) is 0 Å². The van der Waals surface area contributed by atoms with Crippen LogP contribution in [0.3, 0.4) is 0 Å². The second kappa shape index (κ2) is 4.71. The van der Waals surface area contributed by atoms with Crippen LogP contribution in [0, 0.1) is 0 Å². The molecule has 94 valence electrons. The van der Waals surface area contributed by atoms with E-state index in [1.54, 1.807) is 18.2 Å². The molecule has 1 heterocycles. The number of rotatable bonds is 2. The van der Waals surface area contributed by atoms with Crippen molar-refractivity contribution in [2.24, 2.45) is 0 Å². The summed E-state index contributed by atoms with van der Waals surface area (Å²) in [6.07, 6.45) is 0. The van der Waals surface area contributed by atoms with Gasteiger partial charge in [-0.25, -0.2) is 0 Å². The average Bonchev–Trinajstić information content (AvgIpc) is 2.48. The summed E-state index contributed by atoms with van der Waals surface area (Å²) in [6, 6.07) is 16.1. The van der Waals surface area contributed by atoms with Gasteiger partial charge in [-0.05, 0) is 17.7 Å². The third-order valence-corrected chi connectivity index (χ3v) is 3.03. The van der Waals surface area contributed by atoms with Gasteiger partial charge >= 0.3 is 0 Å². The minimum atomic E-state index is -0.101. The zero-order chi connectivity index (χ0) is 13.2.